The standard InChI is InChI=1S/C30H31NO3SSe/c1-5-33-28(32)19-34-26-16-15-25(17-21(26)3)35-27(18-23-9-7-6-8-10-23)29-22(4)31-30(36-29)24-13-11-20(2)12-14-24/h6-17,27H,5,18-19H2,1-4H3. The van der Waals surface area contributed by atoms with Crippen molar-refractivity contribution >= 4 is 32.2 Å². The molecular formula is C30H31NO3SSe. The molecule has 0 N–H and O–H groups in total. The van der Waals surface area contributed by atoms with Gasteiger partial charge in [0, 0.05) is 0 Å². The summed E-state index contributed by atoms with van der Waals surface area (Å²) in [5.41, 5.74) is 5.95. The summed E-state index contributed by atoms with van der Waals surface area (Å²) >= 11 is 2.05. The molecule has 0 aliphatic heterocycles. The molecule has 4 nitrogen and oxygen atoms in total. The van der Waals surface area contributed by atoms with Gasteiger partial charge in [-0.05, 0) is 6.92 Å². The van der Waals surface area contributed by atoms with Gasteiger partial charge in [-0.3, -0.25) is 0 Å². The van der Waals surface area contributed by atoms with Crippen molar-refractivity contribution in [2.24, 2.45) is 0 Å². The first kappa shape index (κ1) is 26.3. The number of aromatic nitrogens is 1. The van der Waals surface area contributed by atoms with Crippen molar-refractivity contribution in [1.82, 2.24) is 4.98 Å². The SMILES string of the molecule is CCOC(=O)COc1ccc(SC(Cc2ccccc2)c2[se]c(-c3ccc(C)cc3)nc2C)cc1C. The van der Waals surface area contributed by atoms with Crippen LogP contribution in [0.1, 0.15) is 39.0 Å². The van der Waals surface area contributed by atoms with E-state index in [1.807, 2.05) is 24.8 Å². The van der Waals surface area contributed by atoms with Crippen LogP contribution in [0.25, 0.3) is 10.1 Å². The summed E-state index contributed by atoms with van der Waals surface area (Å²) in [6.45, 7) is 8.34. The normalized spacial score (nSPS) is 11.8. The van der Waals surface area contributed by atoms with Crippen LogP contribution in [0, 0.1) is 20.8 Å². The van der Waals surface area contributed by atoms with Gasteiger partial charge >= 0.3 is 218 Å². The summed E-state index contributed by atoms with van der Waals surface area (Å²) in [7, 11) is 0. The molecule has 4 aromatic rings. The third-order valence-corrected chi connectivity index (χ3v) is 10.1. The number of rotatable bonds is 10. The first-order chi connectivity index (χ1) is 17.4. The van der Waals surface area contributed by atoms with Crippen molar-refractivity contribution in [2.45, 2.75) is 44.3 Å². The molecule has 0 aliphatic rings. The maximum absolute atomic E-state index is 11.7. The second-order valence-electron chi connectivity index (χ2n) is 8.65. The van der Waals surface area contributed by atoms with Crippen molar-refractivity contribution in [3.05, 3.63) is 99.6 Å². The summed E-state index contributed by atoms with van der Waals surface area (Å²) in [5, 5.41) is 0.282. The van der Waals surface area contributed by atoms with E-state index in [0.29, 0.717) is 12.4 Å². The van der Waals surface area contributed by atoms with Crippen molar-refractivity contribution < 1.29 is 14.3 Å². The third kappa shape index (κ3) is 6.91. The quantitative estimate of drug-likeness (QED) is 0.121. The zero-order chi connectivity index (χ0) is 25.5. The van der Waals surface area contributed by atoms with Crippen LogP contribution in [0.5, 0.6) is 5.75 Å². The van der Waals surface area contributed by atoms with Crippen LogP contribution >= 0.6 is 11.8 Å². The minimum atomic E-state index is -0.353. The molecule has 1 heterocycles. The molecule has 186 valence electrons. The van der Waals surface area contributed by atoms with E-state index in [4.69, 9.17) is 14.5 Å². The number of ether oxygens (including phenoxy) is 2. The average molecular weight is 565 g/mol. The van der Waals surface area contributed by atoms with Gasteiger partial charge in [0.15, 0.2) is 0 Å². The molecule has 1 atom stereocenters. The number of thioether (sulfide) groups is 1. The second-order valence-corrected chi connectivity index (χ2v) is 12.1. The van der Waals surface area contributed by atoms with E-state index >= 15 is 0 Å². The summed E-state index contributed by atoms with van der Waals surface area (Å²) in [6, 6.07) is 25.5. The fourth-order valence-electron chi connectivity index (χ4n) is 3.90. The molecule has 0 spiro atoms. The first-order valence-corrected chi connectivity index (χ1v) is 14.7. The van der Waals surface area contributed by atoms with Gasteiger partial charge in [0.2, 0.25) is 0 Å². The van der Waals surface area contributed by atoms with Crippen molar-refractivity contribution in [2.75, 3.05) is 13.2 Å². The number of carbonyl (C=O) groups excluding carboxylic acids is 1. The Morgan fingerprint density at radius 3 is 2.44 bits per heavy atom. The molecule has 0 amide bonds. The molecule has 36 heavy (non-hydrogen) atoms. The van der Waals surface area contributed by atoms with Crippen LogP contribution in [-0.2, 0) is 16.0 Å². The number of benzene rings is 3. The predicted molar refractivity (Wildman–Crippen MR) is 148 cm³/mol. The topological polar surface area (TPSA) is 48.4 Å². The van der Waals surface area contributed by atoms with Crippen LogP contribution in [0.15, 0.2) is 77.7 Å². The molecule has 0 bridgehead atoms. The van der Waals surface area contributed by atoms with Gasteiger partial charge in [-0.25, -0.2) is 0 Å². The first-order valence-electron chi connectivity index (χ1n) is 12.1. The van der Waals surface area contributed by atoms with Gasteiger partial charge in [0.25, 0.3) is 0 Å². The van der Waals surface area contributed by atoms with Crippen molar-refractivity contribution in [1.29, 1.82) is 0 Å². The summed E-state index contributed by atoms with van der Waals surface area (Å²) < 4.78 is 13.3. The van der Waals surface area contributed by atoms with Crippen LogP contribution in [-0.4, -0.2) is 38.7 Å². The van der Waals surface area contributed by atoms with Crippen LogP contribution in [0.3, 0.4) is 0 Å². The molecular weight excluding hydrogens is 533 g/mol. The van der Waals surface area contributed by atoms with Gasteiger partial charge in [-0.1, -0.05) is 0 Å². The Hall–Kier alpha value is -2.79. The third-order valence-electron chi connectivity index (χ3n) is 5.76. The fraction of sp³-hybridized carbons (Fsp3) is 0.267. The molecule has 0 radical (unpaired) electrons. The number of hydrogen-bond acceptors (Lipinski definition) is 5. The van der Waals surface area contributed by atoms with Gasteiger partial charge < -0.3 is 0 Å². The Kier molecular flexibility index (Phi) is 9.08. The zero-order valence-electron chi connectivity index (χ0n) is 21.1. The van der Waals surface area contributed by atoms with Crippen molar-refractivity contribution in [3.63, 3.8) is 0 Å². The number of carbonyl (C=O) groups is 1. The van der Waals surface area contributed by atoms with E-state index in [-0.39, 0.29) is 32.3 Å². The molecule has 4 rings (SSSR count). The molecule has 6 heteroatoms. The van der Waals surface area contributed by atoms with E-state index in [1.165, 1.54) is 30.6 Å². The summed E-state index contributed by atoms with van der Waals surface area (Å²) in [4.78, 5) is 17.9. The number of esters is 1. The number of hydrogen-bond donors (Lipinski definition) is 0. The van der Waals surface area contributed by atoms with E-state index < -0.39 is 0 Å². The van der Waals surface area contributed by atoms with Crippen LogP contribution in [0.2, 0.25) is 0 Å². The minimum absolute atomic E-state index is 0.0778. The Morgan fingerprint density at radius 2 is 1.75 bits per heavy atom. The maximum atomic E-state index is 11.7. The van der Waals surface area contributed by atoms with Gasteiger partial charge in [0.1, 0.15) is 0 Å². The predicted octanol–water partition coefficient (Wildman–Crippen LogP) is 6.75. The van der Waals surface area contributed by atoms with E-state index in [1.54, 1.807) is 6.92 Å². The van der Waals surface area contributed by atoms with E-state index in [0.717, 1.165) is 17.7 Å². The van der Waals surface area contributed by atoms with E-state index in [9.17, 15) is 4.79 Å². The Morgan fingerprint density at radius 1 is 1.00 bits per heavy atom. The van der Waals surface area contributed by atoms with Crippen LogP contribution < -0.4 is 4.74 Å². The van der Waals surface area contributed by atoms with Crippen molar-refractivity contribution in [3.8, 4) is 15.9 Å². The Balaban J connectivity index is 1.59. The zero-order valence-corrected chi connectivity index (χ0v) is 23.6. The van der Waals surface area contributed by atoms with Gasteiger partial charge in [0.05, 0.1) is 0 Å². The summed E-state index contributed by atoms with van der Waals surface area (Å²) in [6.07, 6.45) is 0.941. The molecule has 0 aliphatic carbocycles. The Labute approximate surface area is 223 Å². The second kappa shape index (κ2) is 12.4. The monoisotopic (exact) mass is 565 g/mol. The molecule has 1 unspecified atom stereocenters. The Bertz CT molecular complexity index is 1300. The number of nitrogens with zero attached hydrogens (tertiary/aromatic N) is 1. The molecule has 0 saturated heterocycles. The average Bonchev–Trinajstić information content (AvgIpc) is 3.26. The number of aryl methyl sites for hydroxylation is 3. The molecule has 0 fully saturated rings. The molecule has 3 aromatic carbocycles. The van der Waals surface area contributed by atoms with Crippen LogP contribution in [0.4, 0.5) is 0 Å². The fourth-order valence-corrected chi connectivity index (χ4v) is 7.94. The van der Waals surface area contributed by atoms with Gasteiger partial charge in [-0.2, -0.15) is 0 Å². The molecule has 1 aromatic heterocycles. The molecule has 0 saturated carbocycles. The summed E-state index contributed by atoms with van der Waals surface area (Å²) in [5.74, 6) is 0.353. The van der Waals surface area contributed by atoms with Gasteiger partial charge in [-0.15, -0.1) is 0 Å². The van der Waals surface area contributed by atoms with E-state index in [2.05, 4.69) is 80.6 Å².